The molecule has 1 saturated heterocycles. The van der Waals surface area contributed by atoms with E-state index in [1.165, 1.54) is 6.07 Å². The first-order chi connectivity index (χ1) is 8.15. The number of benzene rings is 1. The van der Waals surface area contributed by atoms with E-state index >= 15 is 0 Å². The maximum Gasteiger partial charge on any atom is 1.00 e. The Bertz CT molecular complexity index is 414. The van der Waals surface area contributed by atoms with Crippen molar-refractivity contribution in [1.29, 1.82) is 0 Å². The molecule has 0 amide bonds. The number of aromatic carboxylic acids is 1. The van der Waals surface area contributed by atoms with Crippen molar-refractivity contribution in [3.05, 3.63) is 35.4 Å². The molecule has 1 aliphatic rings. The van der Waals surface area contributed by atoms with Gasteiger partial charge < -0.3 is 20.4 Å². The summed E-state index contributed by atoms with van der Waals surface area (Å²) < 4.78 is 5.24. The van der Waals surface area contributed by atoms with Gasteiger partial charge in [-0.2, -0.15) is 0 Å². The average Bonchev–Trinajstić information content (AvgIpc) is 2.29. The molecule has 2 rings (SSSR count). The first-order valence-corrected chi connectivity index (χ1v) is 5.55. The molecule has 1 unspecified atom stereocenters. The van der Waals surface area contributed by atoms with Crippen molar-refractivity contribution in [3.8, 4) is 0 Å². The number of rotatable bonds is 3. The Morgan fingerprint density at radius 1 is 1.56 bits per heavy atom. The monoisotopic (exact) mass is 242 g/mol. The molecular formula is C12H15LiN2O3. The summed E-state index contributed by atoms with van der Waals surface area (Å²) in [5.74, 6) is -1.15. The Morgan fingerprint density at radius 2 is 2.33 bits per heavy atom. The predicted octanol–water partition coefficient (Wildman–Crippen LogP) is -3.83. The van der Waals surface area contributed by atoms with Crippen LogP contribution in [0.4, 0.5) is 0 Å². The SMILES string of the molecule is NC1CN(Cc2cccc(C(=O)[O-])c2)CCO1.[Li+]. The number of carbonyl (C=O) groups is 1. The third kappa shape index (κ3) is 4.12. The van der Waals surface area contributed by atoms with Gasteiger partial charge in [0.2, 0.25) is 0 Å². The van der Waals surface area contributed by atoms with Gasteiger partial charge in [-0.15, -0.1) is 0 Å². The topological polar surface area (TPSA) is 78.6 Å². The van der Waals surface area contributed by atoms with Crippen LogP contribution < -0.4 is 29.7 Å². The normalized spacial score (nSPS) is 20.2. The Morgan fingerprint density at radius 3 is 3.00 bits per heavy atom. The fraction of sp³-hybridized carbons (Fsp3) is 0.417. The third-order valence-corrected chi connectivity index (χ3v) is 2.75. The number of hydrogen-bond acceptors (Lipinski definition) is 5. The van der Waals surface area contributed by atoms with Crippen LogP contribution in [0, 0.1) is 0 Å². The number of carboxylic acids is 1. The van der Waals surface area contributed by atoms with Crippen LogP contribution >= 0.6 is 0 Å². The molecule has 1 atom stereocenters. The Labute approximate surface area is 118 Å². The number of nitrogens with two attached hydrogens (primary N) is 1. The molecule has 0 bridgehead atoms. The zero-order valence-electron chi connectivity index (χ0n) is 10.5. The van der Waals surface area contributed by atoms with E-state index in [0.717, 1.165) is 12.1 Å². The van der Waals surface area contributed by atoms with E-state index in [0.29, 0.717) is 19.7 Å². The van der Waals surface area contributed by atoms with Crippen LogP contribution in [-0.4, -0.2) is 36.8 Å². The van der Waals surface area contributed by atoms with Crippen LogP contribution in [0.1, 0.15) is 15.9 Å². The summed E-state index contributed by atoms with van der Waals surface area (Å²) in [4.78, 5) is 12.9. The average molecular weight is 242 g/mol. The number of hydrogen-bond donors (Lipinski definition) is 1. The van der Waals surface area contributed by atoms with Gasteiger partial charge in [-0.1, -0.05) is 18.2 Å². The molecule has 0 aromatic heterocycles. The number of ether oxygens (including phenoxy) is 1. The number of morpholine rings is 1. The molecule has 0 radical (unpaired) electrons. The van der Waals surface area contributed by atoms with E-state index in [9.17, 15) is 9.90 Å². The maximum absolute atomic E-state index is 10.7. The predicted molar refractivity (Wildman–Crippen MR) is 60.0 cm³/mol. The van der Waals surface area contributed by atoms with Crippen molar-refractivity contribution in [2.24, 2.45) is 5.73 Å². The van der Waals surface area contributed by atoms with Crippen LogP contribution in [0.5, 0.6) is 0 Å². The van der Waals surface area contributed by atoms with Gasteiger partial charge in [0.15, 0.2) is 0 Å². The summed E-state index contributed by atoms with van der Waals surface area (Å²) in [6.45, 7) is 2.76. The Hall–Kier alpha value is -0.833. The van der Waals surface area contributed by atoms with Crippen molar-refractivity contribution in [2.75, 3.05) is 19.7 Å². The molecule has 92 valence electrons. The van der Waals surface area contributed by atoms with Crippen molar-refractivity contribution < 1.29 is 33.5 Å². The van der Waals surface area contributed by atoms with E-state index in [-0.39, 0.29) is 30.7 Å². The van der Waals surface area contributed by atoms with E-state index in [1.807, 2.05) is 6.07 Å². The summed E-state index contributed by atoms with van der Waals surface area (Å²) in [5.41, 5.74) is 6.84. The standard InChI is InChI=1S/C12H16N2O3.Li/c13-11-8-14(4-5-17-11)7-9-2-1-3-10(6-9)12(15)16;/h1-3,6,11H,4-5,7-8,13H2,(H,15,16);/q;+1/p-1. The fourth-order valence-corrected chi connectivity index (χ4v) is 1.93. The largest absolute Gasteiger partial charge is 1.00 e. The van der Waals surface area contributed by atoms with Crippen molar-refractivity contribution in [1.82, 2.24) is 4.90 Å². The van der Waals surface area contributed by atoms with E-state index in [1.54, 1.807) is 12.1 Å². The fourth-order valence-electron chi connectivity index (χ4n) is 1.93. The van der Waals surface area contributed by atoms with Crippen LogP contribution in [0.2, 0.25) is 0 Å². The van der Waals surface area contributed by atoms with Gasteiger partial charge in [0.1, 0.15) is 6.23 Å². The van der Waals surface area contributed by atoms with Crippen LogP contribution in [-0.2, 0) is 11.3 Å². The molecule has 0 aliphatic carbocycles. The minimum absolute atomic E-state index is 0. The smallest absolute Gasteiger partial charge is 0.545 e. The second-order valence-corrected chi connectivity index (χ2v) is 4.13. The molecular weight excluding hydrogens is 227 g/mol. The van der Waals surface area contributed by atoms with Gasteiger partial charge in [-0.3, -0.25) is 4.90 Å². The summed E-state index contributed by atoms with van der Waals surface area (Å²) in [6, 6.07) is 6.79. The second kappa shape index (κ2) is 6.93. The van der Waals surface area contributed by atoms with Crippen LogP contribution in [0.25, 0.3) is 0 Å². The summed E-state index contributed by atoms with van der Waals surface area (Å²) in [5, 5.41) is 10.7. The molecule has 2 N–H and O–H groups in total. The maximum atomic E-state index is 10.7. The number of carbonyl (C=O) groups excluding carboxylic acids is 1. The third-order valence-electron chi connectivity index (χ3n) is 2.75. The van der Waals surface area contributed by atoms with Crippen molar-refractivity contribution >= 4 is 5.97 Å². The van der Waals surface area contributed by atoms with E-state index in [2.05, 4.69) is 4.90 Å². The molecule has 1 aromatic rings. The van der Waals surface area contributed by atoms with Gasteiger partial charge in [0.25, 0.3) is 0 Å². The van der Waals surface area contributed by atoms with E-state index < -0.39 is 5.97 Å². The quantitative estimate of drug-likeness (QED) is 0.549. The van der Waals surface area contributed by atoms with Gasteiger partial charge in [-0.05, 0) is 17.2 Å². The molecule has 6 heteroatoms. The molecule has 0 saturated carbocycles. The van der Waals surface area contributed by atoms with Gasteiger partial charge in [0, 0.05) is 19.6 Å². The summed E-state index contributed by atoms with van der Waals surface area (Å²) >= 11 is 0. The minimum Gasteiger partial charge on any atom is -0.545 e. The minimum atomic E-state index is -1.15. The van der Waals surface area contributed by atoms with Gasteiger partial charge >= 0.3 is 18.9 Å². The molecule has 1 aromatic carbocycles. The molecule has 1 fully saturated rings. The first-order valence-electron chi connectivity index (χ1n) is 5.55. The van der Waals surface area contributed by atoms with E-state index in [4.69, 9.17) is 10.5 Å². The van der Waals surface area contributed by atoms with Crippen molar-refractivity contribution in [3.63, 3.8) is 0 Å². The second-order valence-electron chi connectivity index (χ2n) is 4.13. The first kappa shape index (κ1) is 15.2. The molecule has 5 nitrogen and oxygen atoms in total. The molecule has 1 heterocycles. The van der Waals surface area contributed by atoms with Gasteiger partial charge in [-0.25, -0.2) is 0 Å². The van der Waals surface area contributed by atoms with Crippen molar-refractivity contribution in [2.45, 2.75) is 12.8 Å². The molecule has 1 aliphatic heterocycles. The number of carboxylic acid groups (broad SMARTS) is 1. The number of nitrogens with zero attached hydrogens (tertiary/aromatic N) is 1. The zero-order valence-corrected chi connectivity index (χ0v) is 10.5. The molecule has 0 spiro atoms. The van der Waals surface area contributed by atoms with Gasteiger partial charge in [0.05, 0.1) is 12.6 Å². The summed E-state index contributed by atoms with van der Waals surface area (Å²) in [6.07, 6.45) is -0.256. The summed E-state index contributed by atoms with van der Waals surface area (Å²) in [7, 11) is 0. The Kier molecular flexibility index (Phi) is 5.86. The Balaban J connectivity index is 0.00000162. The van der Waals surface area contributed by atoms with Crippen LogP contribution in [0.15, 0.2) is 24.3 Å². The zero-order chi connectivity index (χ0) is 12.3. The van der Waals surface area contributed by atoms with Crippen LogP contribution in [0.3, 0.4) is 0 Å². The molecule has 18 heavy (non-hydrogen) atoms.